The minimum Gasteiger partial charge on any atom is -0.496 e. The molecule has 0 aliphatic heterocycles. The minimum atomic E-state index is -0.193. The minimum absolute atomic E-state index is 0.193. The van der Waals surface area contributed by atoms with E-state index in [0.717, 1.165) is 39.5 Å². The number of carbonyl (C=O) groups excluding carboxylic acids is 1. The summed E-state index contributed by atoms with van der Waals surface area (Å²) in [5, 5.41) is 5.49. The number of carbonyl (C=O) groups is 1. The van der Waals surface area contributed by atoms with E-state index < -0.39 is 0 Å². The van der Waals surface area contributed by atoms with Crippen molar-refractivity contribution in [3.63, 3.8) is 0 Å². The SMILES string of the molecule is COc1ccccc1-c1nc(C(=O)NCc2ccc(Cn3cnc4ccccc43)cc2)cs1. The van der Waals surface area contributed by atoms with Crippen LogP contribution in [0.25, 0.3) is 21.6 Å². The van der Waals surface area contributed by atoms with E-state index >= 15 is 0 Å². The van der Waals surface area contributed by atoms with Gasteiger partial charge in [0.25, 0.3) is 5.91 Å². The average molecular weight is 455 g/mol. The van der Waals surface area contributed by atoms with Gasteiger partial charge in [-0.15, -0.1) is 11.3 Å². The number of rotatable bonds is 7. The number of hydrogen-bond donors (Lipinski definition) is 1. The summed E-state index contributed by atoms with van der Waals surface area (Å²) in [4.78, 5) is 21.6. The van der Waals surface area contributed by atoms with Gasteiger partial charge in [-0.1, -0.05) is 48.5 Å². The average Bonchev–Trinajstić information content (AvgIpc) is 3.51. The molecule has 164 valence electrons. The van der Waals surface area contributed by atoms with Gasteiger partial charge in [-0.3, -0.25) is 4.79 Å². The molecule has 0 unspecified atom stereocenters. The molecule has 1 amide bonds. The van der Waals surface area contributed by atoms with Gasteiger partial charge in [-0.2, -0.15) is 0 Å². The molecule has 0 aliphatic rings. The smallest absolute Gasteiger partial charge is 0.271 e. The van der Waals surface area contributed by atoms with Crippen molar-refractivity contribution in [1.82, 2.24) is 19.9 Å². The number of amides is 1. The number of fused-ring (bicyclic) bond motifs is 1. The standard InChI is InChI=1S/C26H22N4O2S/c1-32-24-9-5-2-6-20(24)26-29-22(16-33-26)25(31)27-14-18-10-12-19(13-11-18)15-30-17-28-21-7-3-4-8-23(21)30/h2-13,16-17H,14-15H2,1H3,(H,27,31). The first kappa shape index (κ1) is 20.9. The second kappa shape index (κ2) is 9.26. The molecule has 0 bridgehead atoms. The molecule has 6 nitrogen and oxygen atoms in total. The highest BCUT2D eigenvalue weighted by atomic mass is 32.1. The molecule has 0 saturated heterocycles. The fraction of sp³-hybridized carbons (Fsp3) is 0.115. The summed E-state index contributed by atoms with van der Waals surface area (Å²) >= 11 is 1.43. The van der Waals surface area contributed by atoms with E-state index in [0.29, 0.717) is 12.2 Å². The number of nitrogens with one attached hydrogen (secondary N) is 1. The van der Waals surface area contributed by atoms with E-state index in [1.54, 1.807) is 12.5 Å². The molecule has 0 radical (unpaired) electrons. The molecule has 2 aromatic heterocycles. The van der Waals surface area contributed by atoms with Gasteiger partial charge in [0.05, 0.1) is 30.0 Å². The van der Waals surface area contributed by atoms with Crippen LogP contribution in [0.5, 0.6) is 5.75 Å². The summed E-state index contributed by atoms with van der Waals surface area (Å²) in [6, 6.07) is 24.0. The molecule has 0 saturated carbocycles. The number of thiazole rings is 1. The second-order valence-corrected chi connectivity index (χ2v) is 8.46. The summed E-state index contributed by atoms with van der Waals surface area (Å²) in [5.41, 5.74) is 5.60. The van der Waals surface area contributed by atoms with E-state index in [9.17, 15) is 4.79 Å². The second-order valence-electron chi connectivity index (χ2n) is 7.60. The van der Waals surface area contributed by atoms with Crippen molar-refractivity contribution in [2.45, 2.75) is 13.1 Å². The van der Waals surface area contributed by atoms with Gasteiger partial charge in [0.1, 0.15) is 16.5 Å². The third-order valence-corrected chi connectivity index (χ3v) is 6.31. The normalized spacial score (nSPS) is 10.9. The Balaban J connectivity index is 1.21. The van der Waals surface area contributed by atoms with Crippen molar-refractivity contribution in [3.8, 4) is 16.3 Å². The number of nitrogens with zero attached hydrogens (tertiary/aromatic N) is 3. The number of hydrogen-bond acceptors (Lipinski definition) is 5. The first-order chi connectivity index (χ1) is 16.2. The number of methoxy groups -OCH3 is 1. The zero-order valence-electron chi connectivity index (χ0n) is 18.1. The highest BCUT2D eigenvalue weighted by molar-refractivity contribution is 7.13. The molecule has 3 aromatic carbocycles. The molecule has 1 N–H and O–H groups in total. The quantitative estimate of drug-likeness (QED) is 0.369. The third-order valence-electron chi connectivity index (χ3n) is 5.43. The van der Waals surface area contributed by atoms with Crippen molar-refractivity contribution in [2.75, 3.05) is 7.11 Å². The number of imidazole rings is 1. The van der Waals surface area contributed by atoms with Crippen molar-refractivity contribution < 1.29 is 9.53 Å². The Morgan fingerprint density at radius 3 is 2.61 bits per heavy atom. The first-order valence-electron chi connectivity index (χ1n) is 10.6. The Labute approximate surface area is 195 Å². The number of aromatic nitrogens is 3. The maximum Gasteiger partial charge on any atom is 0.271 e. The van der Waals surface area contributed by atoms with Crippen molar-refractivity contribution in [1.29, 1.82) is 0 Å². The lowest BCUT2D eigenvalue weighted by molar-refractivity contribution is 0.0946. The van der Waals surface area contributed by atoms with E-state index in [1.807, 2.05) is 60.9 Å². The monoisotopic (exact) mass is 454 g/mol. The van der Waals surface area contributed by atoms with Gasteiger partial charge in [-0.05, 0) is 35.4 Å². The van der Waals surface area contributed by atoms with Crippen LogP contribution < -0.4 is 10.1 Å². The molecule has 33 heavy (non-hydrogen) atoms. The summed E-state index contributed by atoms with van der Waals surface area (Å²) in [5.74, 6) is 0.545. The van der Waals surface area contributed by atoms with E-state index in [2.05, 4.69) is 38.1 Å². The van der Waals surface area contributed by atoms with E-state index in [-0.39, 0.29) is 5.91 Å². The molecule has 0 fully saturated rings. The lowest BCUT2D eigenvalue weighted by Gasteiger charge is -2.07. The molecule has 5 rings (SSSR count). The van der Waals surface area contributed by atoms with Crippen molar-refractivity contribution in [3.05, 3.63) is 101 Å². The number of ether oxygens (including phenoxy) is 1. The highest BCUT2D eigenvalue weighted by Crippen LogP contribution is 2.31. The van der Waals surface area contributed by atoms with Gasteiger partial charge >= 0.3 is 0 Å². The van der Waals surface area contributed by atoms with Crippen LogP contribution in [0, 0.1) is 0 Å². The van der Waals surface area contributed by atoms with Gasteiger partial charge in [-0.25, -0.2) is 9.97 Å². The summed E-state index contributed by atoms with van der Waals surface area (Å²) in [6.45, 7) is 1.19. The van der Waals surface area contributed by atoms with Gasteiger partial charge in [0.15, 0.2) is 0 Å². The van der Waals surface area contributed by atoms with E-state index in [1.165, 1.54) is 16.9 Å². The van der Waals surface area contributed by atoms with Crippen LogP contribution in [-0.4, -0.2) is 27.6 Å². The van der Waals surface area contributed by atoms with E-state index in [4.69, 9.17) is 4.74 Å². The molecular weight excluding hydrogens is 432 g/mol. The predicted molar refractivity (Wildman–Crippen MR) is 131 cm³/mol. The predicted octanol–water partition coefficient (Wildman–Crippen LogP) is 5.15. The summed E-state index contributed by atoms with van der Waals surface area (Å²) in [7, 11) is 1.63. The van der Waals surface area contributed by atoms with Gasteiger partial charge < -0.3 is 14.6 Å². The van der Waals surface area contributed by atoms with Crippen molar-refractivity contribution >= 4 is 28.3 Å². The Morgan fingerprint density at radius 2 is 1.76 bits per heavy atom. The molecular formula is C26H22N4O2S. The molecule has 5 aromatic rings. The largest absolute Gasteiger partial charge is 0.496 e. The maximum absolute atomic E-state index is 12.6. The zero-order chi connectivity index (χ0) is 22.6. The highest BCUT2D eigenvalue weighted by Gasteiger charge is 2.14. The Morgan fingerprint density at radius 1 is 1.00 bits per heavy atom. The third kappa shape index (κ3) is 4.49. The summed E-state index contributed by atoms with van der Waals surface area (Å²) < 4.78 is 7.53. The van der Waals surface area contributed by atoms with Gasteiger partial charge in [0.2, 0.25) is 0 Å². The molecule has 7 heteroatoms. The number of para-hydroxylation sites is 3. The lowest BCUT2D eigenvalue weighted by atomic mass is 10.1. The van der Waals surface area contributed by atoms with Crippen LogP contribution in [0.2, 0.25) is 0 Å². The molecule has 0 spiro atoms. The van der Waals surface area contributed by atoms with Crippen LogP contribution in [0.3, 0.4) is 0 Å². The van der Waals surface area contributed by atoms with Gasteiger partial charge in [0, 0.05) is 18.5 Å². The topological polar surface area (TPSA) is 69.0 Å². The van der Waals surface area contributed by atoms with Crippen LogP contribution >= 0.6 is 11.3 Å². The zero-order valence-corrected chi connectivity index (χ0v) is 18.9. The first-order valence-corrected chi connectivity index (χ1v) is 11.4. The lowest BCUT2D eigenvalue weighted by Crippen LogP contribution is -2.23. The molecule has 0 aliphatic carbocycles. The Bertz CT molecular complexity index is 1410. The van der Waals surface area contributed by atoms with Crippen LogP contribution in [0.1, 0.15) is 21.6 Å². The fourth-order valence-corrected chi connectivity index (χ4v) is 4.52. The Hall–Kier alpha value is -3.97. The molecule has 0 atom stereocenters. The van der Waals surface area contributed by atoms with Crippen molar-refractivity contribution in [2.24, 2.45) is 0 Å². The van der Waals surface area contributed by atoms with Crippen LogP contribution in [0.15, 0.2) is 84.5 Å². The molecule has 2 heterocycles. The maximum atomic E-state index is 12.6. The fourth-order valence-electron chi connectivity index (χ4n) is 3.69. The Kier molecular flexibility index (Phi) is 5.87. The number of benzene rings is 3. The summed E-state index contributed by atoms with van der Waals surface area (Å²) in [6.07, 6.45) is 1.87. The van der Waals surface area contributed by atoms with Crippen LogP contribution in [-0.2, 0) is 13.1 Å². The van der Waals surface area contributed by atoms with Crippen LogP contribution in [0.4, 0.5) is 0 Å².